The Morgan fingerprint density at radius 1 is 0.946 bits per heavy atom. The molecule has 0 aliphatic carbocycles. The first-order chi connectivity index (χ1) is 17.9. The zero-order chi connectivity index (χ0) is 25.9. The van der Waals surface area contributed by atoms with E-state index >= 15 is 0 Å². The standard InChI is InChI=1S/C28H25ClN4O3S/c29-20-10-12-21(13-11-20)30-25(34)17-24-27(36)33(23-5-2-1-3-6-23)28(37)32(24)18-19-8-14-22(15-9-19)31-16-4-7-26(31)35/h1-3,5-6,8-15,24H,4,7,16-18H2,(H,30,34). The number of rotatable bonds is 7. The average Bonchev–Trinajstić information content (AvgIpc) is 3.42. The van der Waals surface area contributed by atoms with Crippen molar-refractivity contribution in [3.8, 4) is 0 Å². The van der Waals surface area contributed by atoms with Gasteiger partial charge in [-0.15, -0.1) is 0 Å². The molecule has 0 saturated carbocycles. The lowest BCUT2D eigenvalue weighted by atomic mass is 10.1. The molecular weight excluding hydrogens is 508 g/mol. The molecule has 2 aliphatic rings. The molecule has 0 radical (unpaired) electrons. The lowest BCUT2D eigenvalue weighted by Gasteiger charge is -2.24. The normalized spacial score (nSPS) is 17.6. The van der Waals surface area contributed by atoms with Gasteiger partial charge in [-0.05, 0) is 72.7 Å². The minimum Gasteiger partial charge on any atom is -0.332 e. The molecule has 3 aromatic carbocycles. The van der Waals surface area contributed by atoms with Crippen molar-refractivity contribution in [2.24, 2.45) is 0 Å². The van der Waals surface area contributed by atoms with Crippen molar-refractivity contribution in [1.82, 2.24) is 4.90 Å². The van der Waals surface area contributed by atoms with Crippen LogP contribution in [0.25, 0.3) is 0 Å². The molecule has 7 nitrogen and oxygen atoms in total. The van der Waals surface area contributed by atoms with Crippen LogP contribution in [0.15, 0.2) is 78.9 Å². The van der Waals surface area contributed by atoms with Crippen molar-refractivity contribution in [1.29, 1.82) is 0 Å². The number of benzene rings is 3. The van der Waals surface area contributed by atoms with Gasteiger partial charge in [0.1, 0.15) is 6.04 Å². The Morgan fingerprint density at radius 2 is 1.65 bits per heavy atom. The van der Waals surface area contributed by atoms with Crippen LogP contribution >= 0.6 is 23.8 Å². The molecule has 1 N–H and O–H groups in total. The van der Waals surface area contributed by atoms with Crippen molar-refractivity contribution in [2.75, 3.05) is 21.7 Å². The number of nitrogens with one attached hydrogen (secondary N) is 1. The van der Waals surface area contributed by atoms with Gasteiger partial charge in [0.05, 0.1) is 12.1 Å². The van der Waals surface area contributed by atoms with Crippen LogP contribution in [0.5, 0.6) is 0 Å². The van der Waals surface area contributed by atoms with Gasteiger partial charge in [0, 0.05) is 35.9 Å². The van der Waals surface area contributed by atoms with Crippen molar-refractivity contribution in [3.63, 3.8) is 0 Å². The number of para-hydroxylation sites is 1. The van der Waals surface area contributed by atoms with Crippen molar-refractivity contribution in [2.45, 2.75) is 31.8 Å². The van der Waals surface area contributed by atoms with Gasteiger partial charge >= 0.3 is 0 Å². The van der Waals surface area contributed by atoms with Gasteiger partial charge in [-0.3, -0.25) is 19.3 Å². The molecule has 188 valence electrons. The van der Waals surface area contributed by atoms with Gasteiger partial charge in [-0.1, -0.05) is 41.9 Å². The second-order valence-electron chi connectivity index (χ2n) is 9.01. The fourth-order valence-corrected chi connectivity index (χ4v) is 5.16. The minimum absolute atomic E-state index is 0.0642. The highest BCUT2D eigenvalue weighted by Crippen LogP contribution is 2.30. The first-order valence-electron chi connectivity index (χ1n) is 12.0. The molecule has 2 fully saturated rings. The number of anilines is 3. The summed E-state index contributed by atoms with van der Waals surface area (Å²) in [6, 6.07) is 22.9. The fourth-order valence-electron chi connectivity index (χ4n) is 4.65. The van der Waals surface area contributed by atoms with Crippen molar-refractivity contribution < 1.29 is 14.4 Å². The lowest BCUT2D eigenvalue weighted by Crippen LogP contribution is -2.37. The van der Waals surface area contributed by atoms with Crippen LogP contribution < -0.4 is 15.1 Å². The van der Waals surface area contributed by atoms with E-state index in [0.717, 1.165) is 24.2 Å². The topological polar surface area (TPSA) is 73.0 Å². The maximum atomic E-state index is 13.6. The first kappa shape index (κ1) is 24.9. The Hall–Kier alpha value is -3.75. The largest absolute Gasteiger partial charge is 0.332 e. The van der Waals surface area contributed by atoms with Gasteiger partial charge in [-0.2, -0.15) is 0 Å². The minimum atomic E-state index is -0.764. The molecule has 3 amide bonds. The van der Waals surface area contributed by atoms with E-state index in [1.165, 1.54) is 4.90 Å². The molecule has 9 heteroatoms. The lowest BCUT2D eigenvalue weighted by molar-refractivity contribution is -0.124. The summed E-state index contributed by atoms with van der Waals surface area (Å²) in [5, 5.41) is 3.75. The van der Waals surface area contributed by atoms with Crippen molar-refractivity contribution in [3.05, 3.63) is 89.4 Å². The highest BCUT2D eigenvalue weighted by molar-refractivity contribution is 7.80. The molecule has 3 aromatic rings. The molecule has 0 aromatic heterocycles. The van der Waals surface area contributed by atoms with Gasteiger partial charge in [0.2, 0.25) is 11.8 Å². The molecule has 1 atom stereocenters. The Morgan fingerprint density at radius 3 is 2.30 bits per heavy atom. The molecule has 2 aliphatic heterocycles. The Balaban J connectivity index is 1.37. The smallest absolute Gasteiger partial charge is 0.256 e. The number of hydrogen-bond donors (Lipinski definition) is 1. The van der Waals surface area contributed by atoms with E-state index in [1.807, 2.05) is 54.6 Å². The predicted octanol–water partition coefficient (Wildman–Crippen LogP) is 5.00. The second kappa shape index (κ2) is 10.7. The SMILES string of the molecule is O=C(CC1C(=O)N(c2ccccc2)C(=S)N1Cc1ccc(N2CCCC2=O)cc1)Nc1ccc(Cl)cc1. The van der Waals surface area contributed by atoms with E-state index in [2.05, 4.69) is 5.32 Å². The Kier molecular flexibility index (Phi) is 7.21. The summed E-state index contributed by atoms with van der Waals surface area (Å²) in [4.78, 5) is 43.7. The number of thiocarbonyl (C=S) groups is 1. The summed E-state index contributed by atoms with van der Waals surface area (Å²) in [5.41, 5.74) is 3.03. The van der Waals surface area contributed by atoms with Crippen LogP contribution in [-0.4, -0.2) is 40.3 Å². The quantitative estimate of drug-likeness (QED) is 0.434. The van der Waals surface area contributed by atoms with Crippen LogP contribution in [0.3, 0.4) is 0 Å². The first-order valence-corrected chi connectivity index (χ1v) is 12.8. The summed E-state index contributed by atoms with van der Waals surface area (Å²) in [7, 11) is 0. The Bertz CT molecular complexity index is 1330. The van der Waals surface area contributed by atoms with E-state index < -0.39 is 6.04 Å². The molecule has 5 rings (SSSR count). The molecule has 37 heavy (non-hydrogen) atoms. The number of amides is 3. The van der Waals surface area contributed by atoms with Crippen LogP contribution in [0.2, 0.25) is 5.02 Å². The predicted molar refractivity (Wildman–Crippen MR) is 149 cm³/mol. The summed E-state index contributed by atoms with van der Waals surface area (Å²) in [6.45, 7) is 1.07. The zero-order valence-electron chi connectivity index (χ0n) is 20.0. The molecule has 1 unspecified atom stereocenters. The summed E-state index contributed by atoms with van der Waals surface area (Å²) in [6.07, 6.45) is 1.37. The third-order valence-electron chi connectivity index (χ3n) is 6.51. The third-order valence-corrected chi connectivity index (χ3v) is 7.18. The van der Waals surface area contributed by atoms with Gasteiger partial charge < -0.3 is 15.1 Å². The van der Waals surface area contributed by atoms with E-state index in [-0.39, 0.29) is 24.1 Å². The number of hydrogen-bond acceptors (Lipinski definition) is 4. The van der Waals surface area contributed by atoms with Crippen LogP contribution in [0.1, 0.15) is 24.8 Å². The summed E-state index contributed by atoms with van der Waals surface area (Å²) in [5.74, 6) is -0.419. The van der Waals surface area contributed by atoms with Crippen molar-refractivity contribution >= 4 is 63.7 Å². The molecule has 2 saturated heterocycles. The van der Waals surface area contributed by atoms with Gasteiger partial charge in [-0.25, -0.2) is 0 Å². The van der Waals surface area contributed by atoms with Crippen LogP contribution in [0.4, 0.5) is 17.1 Å². The number of carbonyl (C=O) groups is 3. The second-order valence-corrected chi connectivity index (χ2v) is 9.81. The Labute approximate surface area is 225 Å². The molecule has 0 spiro atoms. The van der Waals surface area contributed by atoms with E-state index in [9.17, 15) is 14.4 Å². The molecular formula is C28H25ClN4O3S. The van der Waals surface area contributed by atoms with E-state index in [1.54, 1.807) is 34.1 Å². The highest BCUT2D eigenvalue weighted by atomic mass is 35.5. The number of carbonyl (C=O) groups excluding carboxylic acids is 3. The summed E-state index contributed by atoms with van der Waals surface area (Å²) < 4.78 is 0. The summed E-state index contributed by atoms with van der Waals surface area (Å²) >= 11 is 11.7. The monoisotopic (exact) mass is 532 g/mol. The number of nitrogens with zero attached hydrogens (tertiary/aromatic N) is 3. The maximum absolute atomic E-state index is 13.6. The highest BCUT2D eigenvalue weighted by Gasteiger charge is 2.44. The molecule has 0 bridgehead atoms. The van der Waals surface area contributed by atoms with Crippen LogP contribution in [-0.2, 0) is 20.9 Å². The zero-order valence-corrected chi connectivity index (χ0v) is 21.5. The van der Waals surface area contributed by atoms with Gasteiger partial charge in [0.15, 0.2) is 5.11 Å². The van der Waals surface area contributed by atoms with E-state index in [0.29, 0.717) is 34.5 Å². The number of halogens is 1. The van der Waals surface area contributed by atoms with E-state index in [4.69, 9.17) is 23.8 Å². The van der Waals surface area contributed by atoms with Crippen LogP contribution in [0, 0.1) is 0 Å². The fraction of sp³-hybridized carbons (Fsp3) is 0.214. The average molecular weight is 533 g/mol. The van der Waals surface area contributed by atoms with Gasteiger partial charge in [0.25, 0.3) is 5.91 Å². The maximum Gasteiger partial charge on any atom is 0.256 e. The molecule has 2 heterocycles. The third kappa shape index (κ3) is 5.35.